The normalized spacial score (nSPS) is 29.3. The summed E-state index contributed by atoms with van der Waals surface area (Å²) in [7, 11) is 0. The molecule has 1 N–H and O–H groups in total. The van der Waals surface area contributed by atoms with Crippen LogP contribution in [0.2, 0.25) is 0 Å². The molecule has 3 aliphatic rings. The number of nitrogens with one attached hydrogen (secondary N) is 1. The Balaban J connectivity index is 1.33. The number of carbonyl (C=O) groups is 2. The number of anilines is 2. The highest BCUT2D eigenvalue weighted by Gasteiger charge is 2.36. The van der Waals surface area contributed by atoms with E-state index in [0.29, 0.717) is 24.8 Å². The van der Waals surface area contributed by atoms with Crippen LogP contribution in [0.25, 0.3) is 0 Å². The first-order valence-corrected chi connectivity index (χ1v) is 10.3. The van der Waals surface area contributed by atoms with Gasteiger partial charge in [0.05, 0.1) is 0 Å². The summed E-state index contributed by atoms with van der Waals surface area (Å²) in [5.41, 5.74) is 0. The summed E-state index contributed by atoms with van der Waals surface area (Å²) >= 11 is 0. The second-order valence-electron chi connectivity index (χ2n) is 8.26. The van der Waals surface area contributed by atoms with Crippen molar-refractivity contribution in [3.63, 3.8) is 0 Å². The lowest BCUT2D eigenvalue weighted by Gasteiger charge is -2.34. The molecule has 0 bridgehead atoms. The predicted octanol–water partition coefficient (Wildman–Crippen LogP) is 2.59. The number of nitrogens with zero attached hydrogens (tertiary/aromatic N) is 4. The summed E-state index contributed by atoms with van der Waals surface area (Å²) in [4.78, 5) is 36.6. The van der Waals surface area contributed by atoms with Gasteiger partial charge in [0.15, 0.2) is 0 Å². The molecule has 7 heteroatoms. The van der Waals surface area contributed by atoms with Gasteiger partial charge in [-0.2, -0.15) is 0 Å². The lowest BCUT2D eigenvalue weighted by molar-refractivity contribution is -0.141. The largest absolute Gasteiger partial charge is 0.367 e. The molecule has 3 heterocycles. The molecule has 1 aromatic rings. The number of amides is 2. The molecule has 2 amide bonds. The van der Waals surface area contributed by atoms with Gasteiger partial charge in [0.25, 0.3) is 0 Å². The van der Waals surface area contributed by atoms with Gasteiger partial charge in [-0.25, -0.2) is 9.97 Å². The number of carbonyl (C=O) groups excluding carboxylic acids is 2. The van der Waals surface area contributed by atoms with Crippen LogP contribution in [0.15, 0.2) is 12.4 Å². The molecule has 0 aromatic carbocycles. The maximum Gasteiger partial charge on any atom is 0.229 e. The molecular weight excluding hydrogens is 342 g/mol. The van der Waals surface area contributed by atoms with Crippen LogP contribution in [-0.2, 0) is 9.59 Å². The maximum absolute atomic E-state index is 11.9. The number of aromatic nitrogens is 2. The van der Waals surface area contributed by atoms with Crippen molar-refractivity contribution in [3.05, 3.63) is 12.4 Å². The van der Waals surface area contributed by atoms with Gasteiger partial charge in [0, 0.05) is 44.1 Å². The summed E-state index contributed by atoms with van der Waals surface area (Å²) in [5, 5.41) is 3.54. The Labute approximate surface area is 160 Å². The number of hydrogen-bond donors (Lipinski definition) is 1. The van der Waals surface area contributed by atoms with Gasteiger partial charge in [-0.15, -0.1) is 0 Å². The second kappa shape index (κ2) is 7.82. The Morgan fingerprint density at radius 2 is 1.78 bits per heavy atom. The first-order chi connectivity index (χ1) is 13.1. The van der Waals surface area contributed by atoms with Crippen molar-refractivity contribution >= 4 is 23.5 Å². The number of imide groups is 1. The van der Waals surface area contributed by atoms with E-state index in [1.165, 1.54) is 17.7 Å². The fourth-order valence-electron chi connectivity index (χ4n) is 4.69. The third kappa shape index (κ3) is 4.06. The third-order valence-electron chi connectivity index (χ3n) is 6.14. The van der Waals surface area contributed by atoms with E-state index in [1.54, 1.807) is 6.33 Å². The fourth-order valence-corrected chi connectivity index (χ4v) is 4.69. The topological polar surface area (TPSA) is 78.4 Å². The smallest absolute Gasteiger partial charge is 0.229 e. The zero-order valence-corrected chi connectivity index (χ0v) is 16.1. The molecule has 27 heavy (non-hydrogen) atoms. The van der Waals surface area contributed by atoms with Crippen LogP contribution in [0.3, 0.4) is 0 Å². The quantitative estimate of drug-likeness (QED) is 0.820. The molecule has 1 unspecified atom stereocenters. The molecule has 1 saturated carbocycles. The SMILES string of the molecule is CC1CCCN(c2cc(NC3CCC(N4C(=O)CCC4=O)CC3)ncn2)C1. The third-order valence-corrected chi connectivity index (χ3v) is 6.14. The molecular formula is C20H29N5O2. The van der Waals surface area contributed by atoms with E-state index in [-0.39, 0.29) is 17.9 Å². The van der Waals surface area contributed by atoms with Crippen molar-refractivity contribution in [2.45, 2.75) is 70.4 Å². The zero-order chi connectivity index (χ0) is 18.8. The Morgan fingerprint density at radius 1 is 1.04 bits per heavy atom. The van der Waals surface area contributed by atoms with E-state index in [9.17, 15) is 9.59 Å². The monoisotopic (exact) mass is 371 g/mol. The summed E-state index contributed by atoms with van der Waals surface area (Å²) in [6.45, 7) is 4.41. The van der Waals surface area contributed by atoms with Gasteiger partial charge in [-0.1, -0.05) is 6.92 Å². The van der Waals surface area contributed by atoms with Crippen LogP contribution in [-0.4, -0.2) is 51.9 Å². The number of likely N-dealkylation sites (tertiary alicyclic amines) is 1. The molecule has 1 aliphatic carbocycles. The standard InChI is InChI=1S/C20H29N5O2/c1-14-3-2-10-24(12-14)18-11-17(21-13-22-18)23-15-4-6-16(7-5-15)25-19(26)8-9-20(25)27/h11,13-16H,2-10,12H2,1H3,(H,21,22,23). The summed E-state index contributed by atoms with van der Waals surface area (Å²) in [5.74, 6) is 2.59. The van der Waals surface area contributed by atoms with Gasteiger partial charge in [0.2, 0.25) is 11.8 Å². The molecule has 0 radical (unpaired) electrons. The van der Waals surface area contributed by atoms with E-state index in [4.69, 9.17) is 0 Å². The zero-order valence-electron chi connectivity index (χ0n) is 16.1. The Morgan fingerprint density at radius 3 is 2.48 bits per heavy atom. The summed E-state index contributed by atoms with van der Waals surface area (Å²) < 4.78 is 0. The van der Waals surface area contributed by atoms with Crippen LogP contribution in [0.5, 0.6) is 0 Å². The Kier molecular flexibility index (Phi) is 5.27. The van der Waals surface area contributed by atoms with Crippen LogP contribution >= 0.6 is 0 Å². The highest BCUT2D eigenvalue weighted by molar-refractivity contribution is 6.02. The average molecular weight is 371 g/mol. The molecule has 2 aliphatic heterocycles. The van der Waals surface area contributed by atoms with Crippen molar-refractivity contribution in [1.29, 1.82) is 0 Å². The van der Waals surface area contributed by atoms with Crippen LogP contribution < -0.4 is 10.2 Å². The fraction of sp³-hybridized carbons (Fsp3) is 0.700. The Bertz CT molecular complexity index is 685. The lowest BCUT2D eigenvalue weighted by Crippen LogP contribution is -2.43. The number of rotatable bonds is 4. The van der Waals surface area contributed by atoms with Crippen molar-refractivity contribution in [2.24, 2.45) is 5.92 Å². The van der Waals surface area contributed by atoms with E-state index < -0.39 is 0 Å². The van der Waals surface area contributed by atoms with Crippen LogP contribution in [0, 0.1) is 5.92 Å². The average Bonchev–Trinajstić information content (AvgIpc) is 3.01. The molecule has 2 saturated heterocycles. The van der Waals surface area contributed by atoms with E-state index in [1.807, 2.05) is 0 Å². The van der Waals surface area contributed by atoms with Crippen molar-refractivity contribution in [2.75, 3.05) is 23.3 Å². The molecule has 0 spiro atoms. The molecule has 146 valence electrons. The summed E-state index contributed by atoms with van der Waals surface area (Å²) in [6, 6.07) is 2.47. The molecule has 1 aromatic heterocycles. The lowest BCUT2D eigenvalue weighted by atomic mass is 9.90. The van der Waals surface area contributed by atoms with E-state index in [2.05, 4.69) is 33.2 Å². The molecule has 1 atom stereocenters. The highest BCUT2D eigenvalue weighted by Crippen LogP contribution is 2.29. The van der Waals surface area contributed by atoms with Crippen molar-refractivity contribution in [3.8, 4) is 0 Å². The predicted molar refractivity (Wildman–Crippen MR) is 103 cm³/mol. The maximum atomic E-state index is 11.9. The van der Waals surface area contributed by atoms with Gasteiger partial charge >= 0.3 is 0 Å². The van der Waals surface area contributed by atoms with Gasteiger partial charge in [0.1, 0.15) is 18.0 Å². The van der Waals surface area contributed by atoms with Gasteiger partial charge < -0.3 is 10.2 Å². The first-order valence-electron chi connectivity index (χ1n) is 10.3. The van der Waals surface area contributed by atoms with Crippen LogP contribution in [0.4, 0.5) is 11.6 Å². The molecule has 7 nitrogen and oxygen atoms in total. The van der Waals surface area contributed by atoms with Gasteiger partial charge in [-0.05, 0) is 44.4 Å². The highest BCUT2D eigenvalue weighted by atomic mass is 16.2. The Hall–Kier alpha value is -2.18. The van der Waals surface area contributed by atoms with Crippen molar-refractivity contribution in [1.82, 2.24) is 14.9 Å². The van der Waals surface area contributed by atoms with E-state index >= 15 is 0 Å². The minimum atomic E-state index is 0.00705. The second-order valence-corrected chi connectivity index (χ2v) is 8.26. The minimum Gasteiger partial charge on any atom is -0.367 e. The number of piperidine rings is 1. The first kappa shape index (κ1) is 18.2. The van der Waals surface area contributed by atoms with E-state index in [0.717, 1.165) is 50.4 Å². The minimum absolute atomic E-state index is 0.00705. The number of hydrogen-bond acceptors (Lipinski definition) is 6. The molecule has 4 rings (SSSR count). The summed E-state index contributed by atoms with van der Waals surface area (Å²) in [6.07, 6.45) is 8.55. The van der Waals surface area contributed by atoms with Gasteiger partial charge in [-0.3, -0.25) is 14.5 Å². The van der Waals surface area contributed by atoms with Crippen molar-refractivity contribution < 1.29 is 9.59 Å². The molecule has 3 fully saturated rings. The van der Waals surface area contributed by atoms with Crippen LogP contribution in [0.1, 0.15) is 58.3 Å².